The fourth-order valence-electron chi connectivity index (χ4n) is 2.88. The third-order valence-electron chi connectivity index (χ3n) is 4.47. The normalized spacial score (nSPS) is 12.0. The largest absolute Gasteiger partial charge is 0.501 e. The molecule has 12 heteroatoms. The van der Waals surface area contributed by atoms with Crippen molar-refractivity contribution >= 4 is 21.6 Å². The smallest absolute Gasteiger partial charge is 0.368 e. The topological polar surface area (TPSA) is 111 Å². The Kier molecular flexibility index (Phi) is 6.11. The second kappa shape index (κ2) is 8.46. The lowest BCUT2D eigenvalue weighted by Gasteiger charge is -2.16. The second-order valence-electron chi connectivity index (χ2n) is 6.43. The van der Waals surface area contributed by atoms with Crippen LogP contribution in [0.1, 0.15) is 18.1 Å². The molecule has 31 heavy (non-hydrogen) atoms. The Bertz CT molecular complexity index is 1220. The Balaban J connectivity index is 2.04. The SMILES string of the molecule is CCc1cc(S(=O)(=O)C(F)(F)F)ccc1-c1cnc(N)nc1NCc1ccncc1F. The Morgan fingerprint density at radius 1 is 1.10 bits per heavy atom. The van der Waals surface area contributed by atoms with Gasteiger partial charge in [-0.05, 0) is 35.7 Å². The van der Waals surface area contributed by atoms with Gasteiger partial charge in [0.2, 0.25) is 5.95 Å². The van der Waals surface area contributed by atoms with E-state index in [1.807, 2.05) is 0 Å². The molecule has 0 unspecified atom stereocenters. The standard InChI is InChI=1S/C19H17F4N5O2S/c1-2-11-7-13(31(29,30)19(21,22)23)3-4-14(11)15-9-27-18(24)28-17(15)26-8-12-5-6-25-10-16(12)20/h3-7,9-10H,2,8H2,1H3,(H3,24,26,27,28). The molecule has 3 rings (SSSR count). The number of nitrogens with zero attached hydrogens (tertiary/aromatic N) is 3. The first kappa shape index (κ1) is 22.4. The van der Waals surface area contributed by atoms with E-state index in [2.05, 4.69) is 20.3 Å². The van der Waals surface area contributed by atoms with Gasteiger partial charge in [0.15, 0.2) is 0 Å². The Labute approximate surface area is 175 Å². The summed E-state index contributed by atoms with van der Waals surface area (Å²) in [4.78, 5) is 10.8. The molecule has 0 aliphatic carbocycles. The number of halogens is 4. The van der Waals surface area contributed by atoms with Crippen LogP contribution in [0.5, 0.6) is 0 Å². The van der Waals surface area contributed by atoms with E-state index in [0.29, 0.717) is 22.3 Å². The predicted molar refractivity (Wildman–Crippen MR) is 106 cm³/mol. The molecule has 0 radical (unpaired) electrons. The molecule has 0 aliphatic rings. The molecule has 0 bridgehead atoms. The minimum atomic E-state index is -5.49. The van der Waals surface area contributed by atoms with E-state index in [4.69, 9.17) is 5.73 Å². The maximum atomic E-state index is 13.9. The molecule has 0 saturated heterocycles. The summed E-state index contributed by atoms with van der Waals surface area (Å²) in [5, 5.41) is 2.93. The van der Waals surface area contributed by atoms with Gasteiger partial charge < -0.3 is 11.1 Å². The number of nitrogen functional groups attached to an aromatic ring is 1. The number of nitrogens with one attached hydrogen (secondary N) is 1. The van der Waals surface area contributed by atoms with Crippen LogP contribution < -0.4 is 11.1 Å². The summed E-state index contributed by atoms with van der Waals surface area (Å²) in [6.07, 6.45) is 4.07. The number of nitrogens with two attached hydrogens (primary N) is 1. The number of pyridine rings is 1. The number of alkyl halides is 3. The number of benzene rings is 1. The number of sulfone groups is 1. The van der Waals surface area contributed by atoms with E-state index in [1.165, 1.54) is 24.5 Å². The van der Waals surface area contributed by atoms with Crippen molar-refractivity contribution in [3.8, 4) is 11.1 Å². The zero-order chi connectivity index (χ0) is 22.8. The summed E-state index contributed by atoms with van der Waals surface area (Å²) in [5.41, 5.74) is 1.67. The van der Waals surface area contributed by atoms with E-state index in [1.54, 1.807) is 6.92 Å². The van der Waals surface area contributed by atoms with Gasteiger partial charge in [0.05, 0.1) is 11.1 Å². The van der Waals surface area contributed by atoms with Crippen LogP contribution in [0.2, 0.25) is 0 Å². The fraction of sp³-hybridized carbons (Fsp3) is 0.211. The molecule has 0 atom stereocenters. The minimum absolute atomic E-state index is 0.0276. The van der Waals surface area contributed by atoms with Crippen molar-refractivity contribution in [3.05, 3.63) is 59.8 Å². The molecule has 0 aliphatic heterocycles. The van der Waals surface area contributed by atoms with Crippen LogP contribution in [0.3, 0.4) is 0 Å². The van der Waals surface area contributed by atoms with Crippen molar-refractivity contribution in [3.63, 3.8) is 0 Å². The highest BCUT2D eigenvalue weighted by Gasteiger charge is 2.47. The molecule has 1 aromatic carbocycles. The van der Waals surface area contributed by atoms with E-state index in [0.717, 1.165) is 18.3 Å². The lowest BCUT2D eigenvalue weighted by Crippen LogP contribution is -2.23. The molecule has 3 aromatic rings. The summed E-state index contributed by atoms with van der Waals surface area (Å²) >= 11 is 0. The maximum Gasteiger partial charge on any atom is 0.501 e. The third kappa shape index (κ3) is 4.58. The van der Waals surface area contributed by atoms with E-state index >= 15 is 0 Å². The molecular weight excluding hydrogens is 438 g/mol. The molecule has 7 nitrogen and oxygen atoms in total. The van der Waals surface area contributed by atoms with Gasteiger partial charge >= 0.3 is 5.51 Å². The van der Waals surface area contributed by atoms with Crippen molar-refractivity contribution < 1.29 is 26.0 Å². The first-order chi connectivity index (χ1) is 14.5. The lowest BCUT2D eigenvalue weighted by atomic mass is 9.99. The number of hydrogen-bond acceptors (Lipinski definition) is 7. The minimum Gasteiger partial charge on any atom is -0.368 e. The highest BCUT2D eigenvalue weighted by molar-refractivity contribution is 7.92. The fourth-order valence-corrected chi connectivity index (χ4v) is 3.69. The summed E-state index contributed by atoms with van der Waals surface area (Å²) in [6.45, 7) is 1.69. The third-order valence-corrected chi connectivity index (χ3v) is 5.96. The van der Waals surface area contributed by atoms with Crippen LogP contribution in [0.15, 0.2) is 47.8 Å². The lowest BCUT2D eigenvalue weighted by molar-refractivity contribution is -0.0436. The molecule has 164 valence electrons. The number of rotatable bonds is 6. The number of aryl methyl sites for hydroxylation is 1. The molecule has 2 aromatic heterocycles. The highest BCUT2D eigenvalue weighted by atomic mass is 32.2. The Morgan fingerprint density at radius 3 is 2.48 bits per heavy atom. The van der Waals surface area contributed by atoms with Gasteiger partial charge in [0.1, 0.15) is 11.6 Å². The van der Waals surface area contributed by atoms with Crippen molar-refractivity contribution in [2.45, 2.75) is 30.3 Å². The first-order valence-electron chi connectivity index (χ1n) is 8.94. The van der Waals surface area contributed by atoms with Gasteiger partial charge in [-0.15, -0.1) is 0 Å². The van der Waals surface area contributed by atoms with Crippen molar-refractivity contribution in [1.82, 2.24) is 15.0 Å². The quantitative estimate of drug-likeness (QED) is 0.545. The average molecular weight is 455 g/mol. The molecule has 0 spiro atoms. The zero-order valence-corrected chi connectivity index (χ0v) is 16.9. The first-order valence-corrected chi connectivity index (χ1v) is 10.4. The van der Waals surface area contributed by atoms with E-state index < -0.39 is 26.1 Å². The summed E-state index contributed by atoms with van der Waals surface area (Å²) in [6, 6.07) is 4.58. The van der Waals surface area contributed by atoms with E-state index in [-0.39, 0.29) is 24.7 Å². The zero-order valence-electron chi connectivity index (χ0n) is 16.1. The van der Waals surface area contributed by atoms with Gasteiger partial charge in [0.25, 0.3) is 9.84 Å². The summed E-state index contributed by atoms with van der Waals surface area (Å²) in [7, 11) is -5.49. The average Bonchev–Trinajstić information content (AvgIpc) is 2.72. The molecule has 3 N–H and O–H groups in total. The van der Waals surface area contributed by atoms with Gasteiger partial charge in [-0.25, -0.2) is 17.8 Å². The molecular formula is C19H17F4N5O2S. The highest BCUT2D eigenvalue weighted by Crippen LogP contribution is 2.35. The van der Waals surface area contributed by atoms with Crippen molar-refractivity contribution in [1.29, 1.82) is 0 Å². The van der Waals surface area contributed by atoms with Crippen LogP contribution in [-0.4, -0.2) is 28.9 Å². The molecule has 0 fully saturated rings. The number of aromatic nitrogens is 3. The monoisotopic (exact) mass is 455 g/mol. The van der Waals surface area contributed by atoms with Crippen molar-refractivity contribution in [2.24, 2.45) is 0 Å². The van der Waals surface area contributed by atoms with Gasteiger partial charge in [-0.1, -0.05) is 13.0 Å². The van der Waals surface area contributed by atoms with Gasteiger partial charge in [-0.3, -0.25) is 4.98 Å². The molecule has 2 heterocycles. The molecule has 0 amide bonds. The van der Waals surface area contributed by atoms with Gasteiger partial charge in [-0.2, -0.15) is 18.2 Å². The van der Waals surface area contributed by atoms with Gasteiger partial charge in [0, 0.05) is 30.1 Å². The van der Waals surface area contributed by atoms with Crippen LogP contribution >= 0.6 is 0 Å². The van der Waals surface area contributed by atoms with Crippen molar-refractivity contribution in [2.75, 3.05) is 11.1 Å². The Morgan fingerprint density at radius 2 is 1.84 bits per heavy atom. The van der Waals surface area contributed by atoms with E-state index in [9.17, 15) is 26.0 Å². The predicted octanol–water partition coefficient (Wildman–Crippen LogP) is 3.73. The number of anilines is 2. The van der Waals surface area contributed by atoms with Crippen LogP contribution in [-0.2, 0) is 22.8 Å². The Hall–Kier alpha value is -3.28. The van der Waals surface area contributed by atoms with Crippen LogP contribution in [0.25, 0.3) is 11.1 Å². The summed E-state index contributed by atoms with van der Waals surface area (Å²) < 4.78 is 76.1. The summed E-state index contributed by atoms with van der Waals surface area (Å²) in [5.74, 6) is -0.393. The number of hydrogen-bond donors (Lipinski definition) is 2. The van der Waals surface area contributed by atoms with Crippen LogP contribution in [0.4, 0.5) is 29.3 Å². The van der Waals surface area contributed by atoms with Crippen LogP contribution in [0, 0.1) is 5.82 Å². The second-order valence-corrected chi connectivity index (χ2v) is 8.37. The maximum absolute atomic E-state index is 13.9. The molecule has 0 saturated carbocycles.